The third-order valence-electron chi connectivity index (χ3n) is 6.36. The molecular weight excluding hydrogens is 416 g/mol. The Hall–Kier alpha value is -1.38. The molecular formula is C23H35F2N5S. The summed E-state index contributed by atoms with van der Waals surface area (Å²) in [5.74, 6) is -1.17. The maximum atomic E-state index is 13.6. The molecule has 2 heterocycles. The molecule has 1 aromatic heterocycles. The highest BCUT2D eigenvalue weighted by atomic mass is 32.2. The van der Waals surface area contributed by atoms with Gasteiger partial charge in [0.05, 0.1) is 16.7 Å². The summed E-state index contributed by atoms with van der Waals surface area (Å²) in [5.41, 5.74) is 3.10. The minimum atomic E-state index is -2.48. The molecule has 0 spiro atoms. The molecule has 1 saturated carbocycles. The summed E-state index contributed by atoms with van der Waals surface area (Å²) in [6.45, 7) is 11.4. The van der Waals surface area contributed by atoms with Crippen LogP contribution in [0.3, 0.4) is 0 Å². The van der Waals surface area contributed by atoms with E-state index in [1.165, 1.54) is 0 Å². The predicted molar refractivity (Wildman–Crippen MR) is 126 cm³/mol. The van der Waals surface area contributed by atoms with E-state index < -0.39 is 5.92 Å². The van der Waals surface area contributed by atoms with E-state index in [2.05, 4.69) is 64.5 Å². The summed E-state index contributed by atoms with van der Waals surface area (Å²) >= 11 is 1.75. The van der Waals surface area contributed by atoms with Gasteiger partial charge in [-0.25, -0.2) is 18.1 Å². The van der Waals surface area contributed by atoms with Gasteiger partial charge in [-0.1, -0.05) is 20.8 Å². The molecule has 1 N–H and O–H groups in total. The number of hydrogen-bond acceptors (Lipinski definition) is 5. The number of halogens is 2. The van der Waals surface area contributed by atoms with Crippen LogP contribution in [0.2, 0.25) is 0 Å². The van der Waals surface area contributed by atoms with Gasteiger partial charge in [0.1, 0.15) is 5.82 Å². The van der Waals surface area contributed by atoms with Crippen molar-refractivity contribution in [3.05, 3.63) is 24.0 Å². The van der Waals surface area contributed by atoms with Crippen LogP contribution in [-0.4, -0.2) is 53.0 Å². The molecule has 8 heteroatoms. The second-order valence-corrected chi connectivity index (χ2v) is 11.3. The Labute approximate surface area is 188 Å². The smallest absolute Gasteiger partial charge is 0.248 e. The highest BCUT2D eigenvalue weighted by Crippen LogP contribution is 2.38. The molecule has 0 radical (unpaired) electrons. The van der Waals surface area contributed by atoms with Crippen LogP contribution in [0, 0.1) is 5.92 Å². The first-order chi connectivity index (χ1) is 14.6. The van der Waals surface area contributed by atoms with Crippen LogP contribution in [0.1, 0.15) is 52.3 Å². The summed E-state index contributed by atoms with van der Waals surface area (Å²) in [5, 5.41) is 3.38. The summed E-state index contributed by atoms with van der Waals surface area (Å²) in [4.78, 5) is 5.02. The van der Waals surface area contributed by atoms with E-state index in [1.54, 1.807) is 12.1 Å². The van der Waals surface area contributed by atoms with Crippen molar-refractivity contribution in [2.24, 2.45) is 5.92 Å². The van der Waals surface area contributed by atoms with Crippen LogP contribution < -0.4 is 9.62 Å². The third kappa shape index (κ3) is 5.34. The summed E-state index contributed by atoms with van der Waals surface area (Å²) in [6, 6.07) is 6.46. The Morgan fingerprint density at radius 1 is 1.19 bits per heavy atom. The second-order valence-electron chi connectivity index (χ2n) is 10.0. The second kappa shape index (κ2) is 8.87. The topological polar surface area (TPSA) is 36.3 Å². The standard InChI is InChI=1S/C23H35F2N5S/c1-22(2,3)21-27-19-15-18(28(4)31-29-13-11-26-12-14-29)5-6-20(19)30(21)16-17-7-9-23(24,25)10-8-17/h5-6,15,17,26H,7-14,16H2,1-4H3. The van der Waals surface area contributed by atoms with Crippen molar-refractivity contribution in [3.8, 4) is 0 Å². The van der Waals surface area contributed by atoms with Crippen molar-refractivity contribution < 1.29 is 8.78 Å². The zero-order valence-corrected chi connectivity index (χ0v) is 19.9. The van der Waals surface area contributed by atoms with Crippen molar-refractivity contribution in [2.75, 3.05) is 37.5 Å². The summed E-state index contributed by atoms with van der Waals surface area (Å²) in [6.07, 6.45) is 1.18. The van der Waals surface area contributed by atoms with Crippen molar-refractivity contribution in [2.45, 2.75) is 64.3 Å². The average molecular weight is 452 g/mol. The normalized spacial score (nSPS) is 21.0. The number of imidazole rings is 1. The number of nitrogens with one attached hydrogen (secondary N) is 1. The number of nitrogens with zero attached hydrogens (tertiary/aromatic N) is 4. The van der Waals surface area contributed by atoms with Gasteiger partial charge < -0.3 is 14.2 Å². The van der Waals surface area contributed by atoms with Crippen molar-refractivity contribution in [1.82, 2.24) is 19.2 Å². The Balaban J connectivity index is 1.58. The fourth-order valence-electron chi connectivity index (χ4n) is 4.56. The van der Waals surface area contributed by atoms with Gasteiger partial charge in [-0.15, -0.1) is 0 Å². The first kappa shape index (κ1) is 22.8. The van der Waals surface area contributed by atoms with Crippen LogP contribution in [-0.2, 0) is 12.0 Å². The molecule has 4 rings (SSSR count). The van der Waals surface area contributed by atoms with E-state index in [0.29, 0.717) is 12.8 Å². The Morgan fingerprint density at radius 3 is 2.52 bits per heavy atom. The van der Waals surface area contributed by atoms with Crippen molar-refractivity contribution in [1.29, 1.82) is 0 Å². The number of aromatic nitrogens is 2. The number of benzene rings is 1. The van der Waals surface area contributed by atoms with E-state index in [4.69, 9.17) is 4.98 Å². The van der Waals surface area contributed by atoms with Crippen LogP contribution in [0.15, 0.2) is 18.2 Å². The highest BCUT2D eigenvalue weighted by molar-refractivity contribution is 7.98. The first-order valence-corrected chi connectivity index (χ1v) is 12.1. The third-order valence-corrected chi connectivity index (χ3v) is 7.41. The monoisotopic (exact) mass is 451 g/mol. The molecule has 1 aliphatic carbocycles. The zero-order valence-electron chi connectivity index (χ0n) is 19.1. The fraction of sp³-hybridized carbons (Fsp3) is 0.696. The van der Waals surface area contributed by atoms with Crippen LogP contribution in [0.4, 0.5) is 14.5 Å². The fourth-order valence-corrected chi connectivity index (χ4v) is 5.46. The van der Waals surface area contributed by atoms with Gasteiger partial charge in [-0.3, -0.25) is 0 Å². The van der Waals surface area contributed by atoms with Gasteiger partial charge >= 0.3 is 0 Å². The molecule has 1 aromatic carbocycles. The molecule has 0 bridgehead atoms. The number of anilines is 1. The zero-order chi connectivity index (χ0) is 22.2. The molecule has 1 aliphatic heterocycles. The van der Waals surface area contributed by atoms with Crippen molar-refractivity contribution in [3.63, 3.8) is 0 Å². The maximum absolute atomic E-state index is 13.6. The van der Waals surface area contributed by atoms with E-state index >= 15 is 0 Å². The number of fused-ring (bicyclic) bond motifs is 1. The van der Waals surface area contributed by atoms with Gasteiger partial charge in [0.15, 0.2) is 0 Å². The first-order valence-electron chi connectivity index (χ1n) is 11.4. The predicted octanol–water partition coefficient (Wildman–Crippen LogP) is 5.06. The molecule has 2 aromatic rings. The number of alkyl halides is 2. The Kier molecular flexibility index (Phi) is 6.52. The minimum absolute atomic E-state index is 0.00728. The molecule has 5 nitrogen and oxygen atoms in total. The maximum Gasteiger partial charge on any atom is 0.248 e. The van der Waals surface area contributed by atoms with E-state index in [0.717, 1.165) is 55.3 Å². The number of hydrogen-bond donors (Lipinski definition) is 1. The van der Waals surface area contributed by atoms with E-state index in [-0.39, 0.29) is 24.2 Å². The molecule has 31 heavy (non-hydrogen) atoms. The average Bonchev–Trinajstić information content (AvgIpc) is 3.08. The lowest BCUT2D eigenvalue weighted by Crippen LogP contribution is -2.41. The lowest BCUT2D eigenvalue weighted by Gasteiger charge is -2.30. The van der Waals surface area contributed by atoms with Gasteiger partial charge in [-0.05, 0) is 37.0 Å². The molecule has 172 valence electrons. The molecule has 0 atom stereocenters. The largest absolute Gasteiger partial charge is 0.327 e. The molecule has 2 aliphatic rings. The Morgan fingerprint density at radius 2 is 1.87 bits per heavy atom. The highest BCUT2D eigenvalue weighted by Gasteiger charge is 2.35. The molecule has 2 fully saturated rings. The van der Waals surface area contributed by atoms with Crippen LogP contribution in [0.5, 0.6) is 0 Å². The van der Waals surface area contributed by atoms with E-state index in [1.807, 2.05) is 0 Å². The quantitative estimate of drug-likeness (QED) is 0.643. The summed E-state index contributed by atoms with van der Waals surface area (Å²) in [7, 11) is 2.09. The van der Waals surface area contributed by atoms with E-state index in [9.17, 15) is 8.78 Å². The van der Waals surface area contributed by atoms with Crippen molar-refractivity contribution >= 4 is 28.9 Å². The van der Waals surface area contributed by atoms with Crippen LogP contribution in [0.25, 0.3) is 11.0 Å². The van der Waals surface area contributed by atoms with Gasteiger partial charge in [0, 0.05) is 70.2 Å². The number of rotatable bonds is 5. The lowest BCUT2D eigenvalue weighted by atomic mass is 9.86. The molecule has 0 amide bonds. The Bertz CT molecular complexity index is 891. The van der Waals surface area contributed by atoms with Gasteiger partial charge in [0.25, 0.3) is 0 Å². The minimum Gasteiger partial charge on any atom is -0.327 e. The summed E-state index contributed by atoms with van der Waals surface area (Å²) < 4.78 is 34.1. The molecule has 1 saturated heterocycles. The van der Waals surface area contributed by atoms with Gasteiger partial charge in [-0.2, -0.15) is 0 Å². The lowest BCUT2D eigenvalue weighted by molar-refractivity contribution is -0.0473. The molecule has 0 unspecified atom stereocenters. The van der Waals surface area contributed by atoms with Crippen LogP contribution >= 0.6 is 12.1 Å². The number of piperazine rings is 1. The van der Waals surface area contributed by atoms with Gasteiger partial charge in [0.2, 0.25) is 5.92 Å². The SMILES string of the molecule is CN(SN1CCNCC1)c1ccc2c(c1)nc(C(C)(C)C)n2CC1CCC(F)(F)CC1.